The Hall–Kier alpha value is -2.11. The van der Waals surface area contributed by atoms with Gasteiger partial charge >= 0.3 is 0 Å². The minimum absolute atomic E-state index is 0.0757. The summed E-state index contributed by atoms with van der Waals surface area (Å²) in [5, 5.41) is 3.62. The number of hydrogen-bond acceptors (Lipinski definition) is 5. The molecule has 0 unspecified atom stereocenters. The van der Waals surface area contributed by atoms with Crippen molar-refractivity contribution in [2.45, 2.75) is 24.8 Å². The van der Waals surface area contributed by atoms with Crippen LogP contribution < -0.4 is 14.8 Å². The lowest BCUT2D eigenvalue weighted by Gasteiger charge is -2.38. The molecule has 1 N–H and O–H groups in total. The Morgan fingerprint density at radius 2 is 1.79 bits per heavy atom. The van der Waals surface area contributed by atoms with Crippen molar-refractivity contribution < 1.29 is 14.2 Å². The van der Waals surface area contributed by atoms with Gasteiger partial charge in [-0.15, -0.1) is 0 Å². The van der Waals surface area contributed by atoms with Crippen LogP contribution in [0.5, 0.6) is 11.5 Å². The van der Waals surface area contributed by atoms with Gasteiger partial charge in [-0.2, -0.15) is 0 Å². The summed E-state index contributed by atoms with van der Waals surface area (Å²) < 4.78 is 16.6. The number of rotatable bonds is 5. The standard InChI is InChI=1S/C19H22N2O3/c1-2-17-18(24-14-23-17)11-16(1)19(5-9-22-10-6-19)13-21-12-15-3-7-20-8-4-15/h1-4,7-8,11,21H,5-6,9-10,12-14H2. The molecule has 0 saturated carbocycles. The van der Waals surface area contributed by atoms with Gasteiger partial charge in [-0.05, 0) is 48.2 Å². The van der Waals surface area contributed by atoms with Gasteiger partial charge in [-0.25, -0.2) is 0 Å². The molecule has 126 valence electrons. The summed E-state index contributed by atoms with van der Waals surface area (Å²) in [6.45, 7) is 3.67. The monoisotopic (exact) mass is 326 g/mol. The number of nitrogens with one attached hydrogen (secondary N) is 1. The van der Waals surface area contributed by atoms with Crippen LogP contribution in [0.3, 0.4) is 0 Å². The van der Waals surface area contributed by atoms with E-state index in [1.165, 1.54) is 11.1 Å². The summed E-state index contributed by atoms with van der Waals surface area (Å²) in [5.74, 6) is 1.69. The van der Waals surface area contributed by atoms with Crippen molar-refractivity contribution in [2.75, 3.05) is 26.6 Å². The molecule has 0 amide bonds. The second kappa shape index (κ2) is 6.79. The van der Waals surface area contributed by atoms with Crippen LogP contribution in [0.1, 0.15) is 24.0 Å². The van der Waals surface area contributed by atoms with Gasteiger partial charge in [0, 0.05) is 44.1 Å². The first-order valence-corrected chi connectivity index (χ1v) is 8.43. The molecule has 1 aromatic carbocycles. The van der Waals surface area contributed by atoms with Crippen molar-refractivity contribution >= 4 is 0 Å². The summed E-state index contributed by atoms with van der Waals surface area (Å²) in [4.78, 5) is 4.07. The topological polar surface area (TPSA) is 52.6 Å². The van der Waals surface area contributed by atoms with Gasteiger partial charge in [0.2, 0.25) is 6.79 Å². The molecule has 3 heterocycles. The van der Waals surface area contributed by atoms with E-state index in [4.69, 9.17) is 14.2 Å². The number of pyridine rings is 1. The zero-order chi connectivity index (χ0) is 16.2. The van der Waals surface area contributed by atoms with E-state index < -0.39 is 0 Å². The molecule has 1 saturated heterocycles. The zero-order valence-corrected chi connectivity index (χ0v) is 13.7. The molecule has 2 aromatic rings. The number of nitrogens with zero attached hydrogens (tertiary/aromatic N) is 1. The SMILES string of the molecule is c1cc(CNCC2(c3ccc4c(c3)OCO4)CCOCC2)ccn1. The molecule has 5 heteroatoms. The molecule has 24 heavy (non-hydrogen) atoms. The van der Waals surface area contributed by atoms with Crippen molar-refractivity contribution in [2.24, 2.45) is 0 Å². The van der Waals surface area contributed by atoms with E-state index in [9.17, 15) is 0 Å². The first kappa shape index (κ1) is 15.4. The van der Waals surface area contributed by atoms with Gasteiger partial charge in [0.15, 0.2) is 11.5 Å². The highest BCUT2D eigenvalue weighted by molar-refractivity contribution is 5.47. The molecule has 2 aliphatic rings. The Balaban J connectivity index is 1.52. The summed E-state index contributed by atoms with van der Waals surface area (Å²) in [6.07, 6.45) is 5.68. The average Bonchev–Trinajstić information content (AvgIpc) is 3.11. The first-order valence-electron chi connectivity index (χ1n) is 8.43. The van der Waals surface area contributed by atoms with Crippen LogP contribution in [0.2, 0.25) is 0 Å². The van der Waals surface area contributed by atoms with Crippen LogP contribution >= 0.6 is 0 Å². The van der Waals surface area contributed by atoms with Gasteiger partial charge in [0.1, 0.15) is 0 Å². The quantitative estimate of drug-likeness (QED) is 0.915. The number of aromatic nitrogens is 1. The summed E-state index contributed by atoms with van der Waals surface area (Å²) >= 11 is 0. The normalized spacial score (nSPS) is 18.5. The number of fused-ring (bicyclic) bond motifs is 1. The Morgan fingerprint density at radius 3 is 2.62 bits per heavy atom. The van der Waals surface area contributed by atoms with Crippen molar-refractivity contribution in [1.82, 2.24) is 10.3 Å². The Labute approximate surface area is 142 Å². The number of hydrogen-bond donors (Lipinski definition) is 1. The summed E-state index contributed by atoms with van der Waals surface area (Å²) in [7, 11) is 0. The summed E-state index contributed by atoms with van der Waals surface area (Å²) in [6, 6.07) is 10.4. The van der Waals surface area contributed by atoms with E-state index in [0.717, 1.165) is 50.6 Å². The van der Waals surface area contributed by atoms with Gasteiger partial charge in [-0.1, -0.05) is 6.07 Å². The van der Waals surface area contributed by atoms with Crippen molar-refractivity contribution in [3.63, 3.8) is 0 Å². The molecule has 0 radical (unpaired) electrons. The summed E-state index contributed by atoms with van der Waals surface area (Å²) in [5.41, 5.74) is 2.63. The lowest BCUT2D eigenvalue weighted by atomic mass is 9.74. The van der Waals surface area contributed by atoms with Crippen LogP contribution in [0.25, 0.3) is 0 Å². The minimum Gasteiger partial charge on any atom is -0.454 e. The highest BCUT2D eigenvalue weighted by Gasteiger charge is 2.35. The van der Waals surface area contributed by atoms with Crippen LogP contribution in [0.4, 0.5) is 0 Å². The highest BCUT2D eigenvalue weighted by atomic mass is 16.7. The second-order valence-electron chi connectivity index (χ2n) is 6.42. The van der Waals surface area contributed by atoms with Gasteiger partial charge in [0.25, 0.3) is 0 Å². The van der Waals surface area contributed by atoms with Crippen LogP contribution in [0.15, 0.2) is 42.7 Å². The predicted molar refractivity (Wildman–Crippen MR) is 90.2 cm³/mol. The van der Waals surface area contributed by atoms with Crippen molar-refractivity contribution in [3.05, 3.63) is 53.9 Å². The molecule has 4 rings (SSSR count). The molecular formula is C19H22N2O3. The molecule has 0 spiro atoms. The first-order chi connectivity index (χ1) is 11.9. The van der Waals surface area contributed by atoms with Gasteiger partial charge < -0.3 is 19.5 Å². The molecule has 0 bridgehead atoms. The fourth-order valence-electron chi connectivity index (χ4n) is 3.50. The molecule has 0 aliphatic carbocycles. The van der Waals surface area contributed by atoms with Gasteiger partial charge in [-0.3, -0.25) is 4.98 Å². The highest BCUT2D eigenvalue weighted by Crippen LogP contribution is 2.40. The molecule has 0 atom stereocenters. The van der Waals surface area contributed by atoms with Crippen molar-refractivity contribution in [1.29, 1.82) is 0 Å². The zero-order valence-electron chi connectivity index (χ0n) is 13.7. The molecule has 1 fully saturated rings. The Bertz CT molecular complexity index is 684. The van der Waals surface area contributed by atoms with Crippen LogP contribution in [0, 0.1) is 0 Å². The predicted octanol–water partition coefficient (Wildman–Crippen LogP) is 2.65. The Kier molecular flexibility index (Phi) is 4.36. The number of ether oxygens (including phenoxy) is 3. The van der Waals surface area contributed by atoms with E-state index >= 15 is 0 Å². The van der Waals surface area contributed by atoms with Crippen LogP contribution in [-0.2, 0) is 16.7 Å². The van der Waals surface area contributed by atoms with Crippen LogP contribution in [-0.4, -0.2) is 31.5 Å². The van der Waals surface area contributed by atoms with E-state index in [2.05, 4.69) is 22.4 Å². The smallest absolute Gasteiger partial charge is 0.231 e. The maximum absolute atomic E-state index is 5.61. The third kappa shape index (κ3) is 3.09. The largest absolute Gasteiger partial charge is 0.454 e. The lowest BCUT2D eigenvalue weighted by molar-refractivity contribution is 0.0497. The molecule has 5 nitrogen and oxygen atoms in total. The minimum atomic E-state index is 0.0757. The van der Waals surface area contributed by atoms with E-state index in [1.807, 2.05) is 30.6 Å². The average molecular weight is 326 g/mol. The maximum atomic E-state index is 5.61. The van der Waals surface area contributed by atoms with Crippen molar-refractivity contribution in [3.8, 4) is 11.5 Å². The second-order valence-corrected chi connectivity index (χ2v) is 6.42. The fraction of sp³-hybridized carbons (Fsp3) is 0.421. The fourth-order valence-corrected chi connectivity index (χ4v) is 3.50. The Morgan fingerprint density at radius 1 is 1.00 bits per heavy atom. The van der Waals surface area contributed by atoms with Gasteiger partial charge in [0.05, 0.1) is 0 Å². The van der Waals surface area contributed by atoms with E-state index in [1.54, 1.807) is 0 Å². The molecule has 1 aromatic heterocycles. The third-order valence-corrected chi connectivity index (χ3v) is 4.98. The van der Waals surface area contributed by atoms with E-state index in [-0.39, 0.29) is 5.41 Å². The maximum Gasteiger partial charge on any atom is 0.231 e. The lowest BCUT2D eigenvalue weighted by Crippen LogP contribution is -2.42. The van der Waals surface area contributed by atoms with E-state index in [0.29, 0.717) is 6.79 Å². The molecule has 2 aliphatic heterocycles. The number of benzene rings is 1. The molecular weight excluding hydrogens is 304 g/mol. The third-order valence-electron chi connectivity index (χ3n) is 4.98.